The zero-order chi connectivity index (χ0) is 30.2. The Kier molecular flexibility index (Phi) is 7.18. The second-order valence-corrected chi connectivity index (χ2v) is 11.4. The summed E-state index contributed by atoms with van der Waals surface area (Å²) < 4.78 is 14.7. The largest absolute Gasteiger partial charge is 0.384 e. The quantitative estimate of drug-likeness (QED) is 0.174. The number of pyridine rings is 3. The molecule has 0 atom stereocenters. The maximum Gasteiger partial charge on any atom is 0.227 e. The molecule has 1 fully saturated rings. The number of halogens is 1. The van der Waals surface area contributed by atoms with Crippen molar-refractivity contribution in [3.05, 3.63) is 67.1 Å². The number of rotatable bonds is 9. The molecular weight excluding hydrogens is 559 g/mol. The lowest BCUT2D eigenvalue weighted by atomic mass is 9.85. The number of hydrogen-bond acceptors (Lipinski definition) is 8. The minimum Gasteiger partial charge on any atom is -0.384 e. The normalized spacial score (nSPS) is 13.5. The van der Waals surface area contributed by atoms with Gasteiger partial charge in [-0.3, -0.25) is 19.9 Å². The van der Waals surface area contributed by atoms with Crippen molar-refractivity contribution in [2.45, 2.75) is 19.3 Å². The molecule has 5 heterocycles. The number of nitrogens with zero attached hydrogens (tertiary/aromatic N) is 6. The minimum atomic E-state index is -0.345. The van der Waals surface area contributed by atoms with E-state index in [1.54, 1.807) is 31.0 Å². The van der Waals surface area contributed by atoms with Crippen molar-refractivity contribution in [1.82, 2.24) is 40.0 Å². The van der Waals surface area contributed by atoms with Crippen LogP contribution in [0.3, 0.4) is 0 Å². The third-order valence-corrected chi connectivity index (χ3v) is 7.95. The Labute approximate surface area is 252 Å². The van der Waals surface area contributed by atoms with Gasteiger partial charge in [0.25, 0.3) is 0 Å². The number of carbonyl (C=O) groups excluding carboxylic acids is 1. The predicted molar refractivity (Wildman–Crippen MR) is 168 cm³/mol. The zero-order valence-electron chi connectivity index (χ0n) is 24.4. The van der Waals surface area contributed by atoms with Crippen LogP contribution in [0.5, 0.6) is 0 Å². The van der Waals surface area contributed by atoms with Crippen LogP contribution in [-0.2, 0) is 4.79 Å². The maximum atomic E-state index is 14.7. The van der Waals surface area contributed by atoms with Crippen LogP contribution in [0.15, 0.2) is 61.3 Å². The summed E-state index contributed by atoms with van der Waals surface area (Å²) in [6.07, 6.45) is 11.5. The standard InChI is InChI=1S/C32H31FN10O/c1-43(2)7-6-36-23-9-19(8-22(33)12-23)26-16-35-17-27-28(26)40-31(39-27)29-25-11-21(14-37-30(25)42-41-29)20-10-24(15-34-13-20)38-32(44)18-4-3-5-18/h8-18,36H,3-7H2,1-2H3,(H,38,44)(H,39,40)(H,37,41,42). The molecule has 222 valence electrons. The third kappa shape index (κ3) is 5.47. The van der Waals surface area contributed by atoms with Gasteiger partial charge in [0.15, 0.2) is 11.5 Å². The monoisotopic (exact) mass is 590 g/mol. The van der Waals surface area contributed by atoms with Gasteiger partial charge in [-0.05, 0) is 62.8 Å². The number of hydrogen-bond donors (Lipinski definition) is 4. The number of amides is 1. The fourth-order valence-electron chi connectivity index (χ4n) is 5.35. The van der Waals surface area contributed by atoms with E-state index in [2.05, 4.69) is 45.7 Å². The van der Waals surface area contributed by atoms with Gasteiger partial charge >= 0.3 is 0 Å². The average Bonchev–Trinajstić information content (AvgIpc) is 3.59. The molecule has 0 bridgehead atoms. The van der Waals surface area contributed by atoms with Gasteiger partial charge in [0, 0.05) is 60.0 Å². The molecule has 1 aliphatic rings. The number of aromatic nitrogens is 7. The lowest BCUT2D eigenvalue weighted by molar-refractivity contribution is -0.122. The number of fused-ring (bicyclic) bond motifs is 2. The topological polar surface area (TPSA) is 140 Å². The van der Waals surface area contributed by atoms with E-state index in [4.69, 9.17) is 4.98 Å². The summed E-state index contributed by atoms with van der Waals surface area (Å²) in [5.74, 6) is 0.324. The Morgan fingerprint density at radius 2 is 1.80 bits per heavy atom. The lowest BCUT2D eigenvalue weighted by Gasteiger charge is -2.24. The first-order valence-corrected chi connectivity index (χ1v) is 14.6. The summed E-state index contributed by atoms with van der Waals surface area (Å²) in [5.41, 5.74) is 6.90. The van der Waals surface area contributed by atoms with E-state index in [-0.39, 0.29) is 17.6 Å². The van der Waals surface area contributed by atoms with Crippen molar-refractivity contribution in [1.29, 1.82) is 0 Å². The molecule has 0 radical (unpaired) electrons. The first kappa shape index (κ1) is 27.6. The van der Waals surface area contributed by atoms with Gasteiger partial charge in [-0.2, -0.15) is 5.10 Å². The van der Waals surface area contributed by atoms with E-state index in [1.807, 2.05) is 32.3 Å². The second kappa shape index (κ2) is 11.5. The molecule has 1 aliphatic carbocycles. The molecule has 0 aliphatic heterocycles. The molecule has 0 saturated heterocycles. The maximum absolute atomic E-state index is 14.7. The van der Waals surface area contributed by atoms with E-state index in [0.29, 0.717) is 57.2 Å². The molecule has 1 aromatic carbocycles. The van der Waals surface area contributed by atoms with Gasteiger partial charge in [-0.1, -0.05) is 6.42 Å². The highest BCUT2D eigenvalue weighted by Crippen LogP contribution is 2.34. The molecule has 1 amide bonds. The van der Waals surface area contributed by atoms with Crippen LogP contribution >= 0.6 is 0 Å². The molecule has 11 nitrogen and oxygen atoms in total. The minimum absolute atomic E-state index is 0.0368. The summed E-state index contributed by atoms with van der Waals surface area (Å²) in [6, 6.07) is 8.74. The second-order valence-electron chi connectivity index (χ2n) is 11.4. The Bertz CT molecular complexity index is 1990. The lowest BCUT2D eigenvalue weighted by Crippen LogP contribution is -2.28. The van der Waals surface area contributed by atoms with Gasteiger partial charge in [0.05, 0.1) is 34.5 Å². The number of carbonyl (C=O) groups is 1. The number of aromatic amines is 2. The molecule has 1 saturated carbocycles. The summed E-state index contributed by atoms with van der Waals surface area (Å²) in [4.78, 5) is 36.1. The van der Waals surface area contributed by atoms with Crippen molar-refractivity contribution in [2.24, 2.45) is 5.92 Å². The van der Waals surface area contributed by atoms with E-state index >= 15 is 0 Å². The Morgan fingerprint density at radius 1 is 0.977 bits per heavy atom. The molecule has 4 N–H and O–H groups in total. The van der Waals surface area contributed by atoms with Crippen LogP contribution in [-0.4, -0.2) is 73.1 Å². The summed E-state index contributed by atoms with van der Waals surface area (Å²) in [7, 11) is 3.99. The Hall–Kier alpha value is -5.23. The highest BCUT2D eigenvalue weighted by Gasteiger charge is 2.25. The molecule has 0 spiro atoms. The molecule has 5 aromatic heterocycles. The highest BCUT2D eigenvalue weighted by molar-refractivity contribution is 5.97. The van der Waals surface area contributed by atoms with Crippen LogP contribution in [0.1, 0.15) is 19.3 Å². The first-order chi connectivity index (χ1) is 21.4. The number of likely N-dealkylation sites (N-methyl/N-ethyl adjacent to an activating group) is 1. The first-order valence-electron chi connectivity index (χ1n) is 14.6. The van der Waals surface area contributed by atoms with E-state index in [9.17, 15) is 9.18 Å². The Morgan fingerprint density at radius 3 is 2.61 bits per heavy atom. The number of H-pyrrole nitrogens is 2. The van der Waals surface area contributed by atoms with Gasteiger partial charge in [-0.25, -0.2) is 14.4 Å². The summed E-state index contributed by atoms with van der Waals surface area (Å²) in [5, 5.41) is 14.5. The Balaban J connectivity index is 1.21. The van der Waals surface area contributed by atoms with E-state index in [1.165, 1.54) is 12.1 Å². The number of imidazole rings is 1. The fraction of sp³-hybridized carbons (Fsp3) is 0.250. The van der Waals surface area contributed by atoms with Crippen molar-refractivity contribution in [3.8, 4) is 33.8 Å². The van der Waals surface area contributed by atoms with E-state index < -0.39 is 0 Å². The van der Waals surface area contributed by atoms with Crippen LogP contribution in [0.25, 0.3) is 55.8 Å². The fourth-order valence-corrected chi connectivity index (χ4v) is 5.35. The van der Waals surface area contributed by atoms with Gasteiger partial charge < -0.3 is 20.5 Å². The molecule has 12 heteroatoms. The van der Waals surface area contributed by atoms with Crippen molar-refractivity contribution in [3.63, 3.8) is 0 Å². The van der Waals surface area contributed by atoms with Crippen molar-refractivity contribution < 1.29 is 9.18 Å². The molecule has 7 rings (SSSR count). The van der Waals surface area contributed by atoms with Crippen LogP contribution in [0.4, 0.5) is 15.8 Å². The average molecular weight is 591 g/mol. The van der Waals surface area contributed by atoms with Crippen LogP contribution in [0.2, 0.25) is 0 Å². The smallest absolute Gasteiger partial charge is 0.227 e. The number of anilines is 2. The van der Waals surface area contributed by atoms with E-state index in [0.717, 1.165) is 42.3 Å². The predicted octanol–water partition coefficient (Wildman–Crippen LogP) is 5.48. The molecule has 6 aromatic rings. The van der Waals surface area contributed by atoms with Gasteiger partial charge in [0.1, 0.15) is 11.5 Å². The van der Waals surface area contributed by atoms with Crippen molar-refractivity contribution in [2.75, 3.05) is 37.8 Å². The number of nitrogens with one attached hydrogen (secondary N) is 4. The zero-order valence-corrected chi connectivity index (χ0v) is 24.4. The molecule has 0 unspecified atom stereocenters. The number of benzene rings is 1. The summed E-state index contributed by atoms with van der Waals surface area (Å²) >= 11 is 0. The van der Waals surface area contributed by atoms with Crippen LogP contribution < -0.4 is 10.6 Å². The summed E-state index contributed by atoms with van der Waals surface area (Å²) in [6.45, 7) is 1.50. The van der Waals surface area contributed by atoms with Crippen molar-refractivity contribution >= 4 is 39.3 Å². The molecule has 44 heavy (non-hydrogen) atoms. The van der Waals surface area contributed by atoms with Gasteiger partial charge in [0.2, 0.25) is 5.91 Å². The highest BCUT2D eigenvalue weighted by atomic mass is 19.1. The molecular formula is C32H31FN10O. The third-order valence-electron chi connectivity index (χ3n) is 7.95. The SMILES string of the molecule is CN(C)CCNc1cc(F)cc(-c2cncc3[nH]c(-c4[nH]nc5ncc(-c6cncc(NC(=O)C7CCC7)c6)cc45)nc23)c1. The van der Waals surface area contributed by atoms with Crippen LogP contribution in [0, 0.1) is 11.7 Å². The van der Waals surface area contributed by atoms with Gasteiger partial charge in [-0.15, -0.1) is 0 Å².